The largest absolute Gasteiger partial charge is 0.418 e. The first kappa shape index (κ1) is 23.9. The fourth-order valence-corrected chi connectivity index (χ4v) is 4.50. The molecule has 1 saturated heterocycles. The molecule has 1 aliphatic heterocycles. The Hall–Kier alpha value is -3.24. The van der Waals surface area contributed by atoms with E-state index in [4.69, 9.17) is 0 Å². The maximum atomic E-state index is 13.1. The molecule has 2 amide bonds. The van der Waals surface area contributed by atoms with E-state index < -0.39 is 17.6 Å². The first-order chi connectivity index (χ1) is 16.2. The molecule has 0 radical (unpaired) electrons. The molecule has 3 aromatic rings. The number of nitrogens with zero attached hydrogens (tertiary/aromatic N) is 3. The molecule has 6 nitrogen and oxygen atoms in total. The highest BCUT2D eigenvalue weighted by Crippen LogP contribution is 2.34. The molecule has 0 atom stereocenters. The van der Waals surface area contributed by atoms with Gasteiger partial charge < -0.3 is 10.2 Å². The van der Waals surface area contributed by atoms with Gasteiger partial charge >= 0.3 is 6.18 Å². The van der Waals surface area contributed by atoms with E-state index in [-0.39, 0.29) is 18.1 Å². The molecule has 1 fully saturated rings. The molecule has 10 heteroatoms. The van der Waals surface area contributed by atoms with Crippen LogP contribution in [0.15, 0.2) is 53.9 Å². The summed E-state index contributed by atoms with van der Waals surface area (Å²) in [6.07, 6.45) is -4.55. The third-order valence-electron chi connectivity index (χ3n) is 5.56. The summed E-state index contributed by atoms with van der Waals surface area (Å²) in [7, 11) is 0. The van der Waals surface area contributed by atoms with Crippen molar-refractivity contribution in [2.45, 2.75) is 13.1 Å². The Labute approximate surface area is 199 Å². The lowest BCUT2D eigenvalue weighted by Crippen LogP contribution is -2.50. The van der Waals surface area contributed by atoms with Gasteiger partial charge in [-0.1, -0.05) is 42.0 Å². The molecule has 0 bridgehead atoms. The topological polar surface area (TPSA) is 65.5 Å². The number of para-hydroxylation sites is 1. The van der Waals surface area contributed by atoms with E-state index in [1.54, 1.807) is 10.3 Å². The average molecular weight is 489 g/mol. The van der Waals surface area contributed by atoms with Crippen molar-refractivity contribution in [2.24, 2.45) is 0 Å². The van der Waals surface area contributed by atoms with Gasteiger partial charge in [0.05, 0.1) is 17.8 Å². The molecule has 1 N–H and O–H groups in total. The van der Waals surface area contributed by atoms with Crippen molar-refractivity contribution in [3.63, 3.8) is 0 Å². The average Bonchev–Trinajstić information content (AvgIpc) is 3.29. The Bertz CT molecular complexity index is 1170. The van der Waals surface area contributed by atoms with E-state index in [1.807, 2.05) is 36.1 Å². The summed E-state index contributed by atoms with van der Waals surface area (Å²) in [4.78, 5) is 33.2. The van der Waals surface area contributed by atoms with Gasteiger partial charge in [0.15, 0.2) is 0 Å². The molecule has 0 spiro atoms. The molecule has 34 heavy (non-hydrogen) atoms. The highest BCUT2D eigenvalue weighted by molar-refractivity contribution is 7.13. The quantitative estimate of drug-likeness (QED) is 0.573. The van der Waals surface area contributed by atoms with Crippen LogP contribution in [0.2, 0.25) is 0 Å². The van der Waals surface area contributed by atoms with Crippen LogP contribution in [0.5, 0.6) is 0 Å². The van der Waals surface area contributed by atoms with Gasteiger partial charge in [-0.2, -0.15) is 13.2 Å². The smallest absolute Gasteiger partial charge is 0.335 e. The second kappa shape index (κ2) is 9.94. The number of hydrogen-bond donors (Lipinski definition) is 1. The number of amides is 2. The number of carbonyl (C=O) groups is 2. The fraction of sp³-hybridized carbons (Fsp3) is 0.292. The molecule has 2 aromatic carbocycles. The van der Waals surface area contributed by atoms with E-state index in [0.29, 0.717) is 31.9 Å². The Morgan fingerprint density at radius 1 is 1.03 bits per heavy atom. The van der Waals surface area contributed by atoms with E-state index in [1.165, 1.54) is 29.5 Å². The third kappa shape index (κ3) is 5.63. The normalized spacial score (nSPS) is 14.8. The van der Waals surface area contributed by atoms with E-state index >= 15 is 0 Å². The molecule has 2 heterocycles. The van der Waals surface area contributed by atoms with Gasteiger partial charge in [-0.05, 0) is 19.1 Å². The first-order valence-electron chi connectivity index (χ1n) is 10.7. The molecule has 1 aliphatic rings. The predicted molar refractivity (Wildman–Crippen MR) is 125 cm³/mol. The number of benzene rings is 2. The molecule has 178 valence electrons. The minimum Gasteiger partial charge on any atom is -0.335 e. The molecule has 0 saturated carbocycles. The molecule has 4 rings (SSSR count). The number of halogens is 3. The Morgan fingerprint density at radius 2 is 1.71 bits per heavy atom. The van der Waals surface area contributed by atoms with Crippen molar-refractivity contribution in [3.05, 3.63) is 70.7 Å². The third-order valence-corrected chi connectivity index (χ3v) is 6.45. The van der Waals surface area contributed by atoms with Crippen molar-refractivity contribution in [1.82, 2.24) is 14.8 Å². The zero-order valence-electron chi connectivity index (χ0n) is 18.4. The number of anilines is 1. The van der Waals surface area contributed by atoms with Crippen LogP contribution in [0, 0.1) is 6.92 Å². The van der Waals surface area contributed by atoms with E-state index in [2.05, 4.69) is 10.3 Å². The lowest BCUT2D eigenvalue weighted by atomic mass is 10.1. The van der Waals surface area contributed by atoms with Crippen molar-refractivity contribution in [3.8, 4) is 10.6 Å². The van der Waals surface area contributed by atoms with Gasteiger partial charge in [0.1, 0.15) is 10.7 Å². The number of aryl methyl sites for hydroxylation is 1. The fourth-order valence-electron chi connectivity index (χ4n) is 3.70. The van der Waals surface area contributed by atoms with Crippen LogP contribution >= 0.6 is 11.3 Å². The van der Waals surface area contributed by atoms with Gasteiger partial charge in [-0.15, -0.1) is 11.3 Å². The van der Waals surface area contributed by atoms with Gasteiger partial charge in [-0.3, -0.25) is 14.5 Å². The number of hydrogen-bond acceptors (Lipinski definition) is 5. The van der Waals surface area contributed by atoms with Crippen LogP contribution in [0.3, 0.4) is 0 Å². The van der Waals surface area contributed by atoms with Crippen LogP contribution in [0.1, 0.15) is 21.6 Å². The van der Waals surface area contributed by atoms with Crippen molar-refractivity contribution in [1.29, 1.82) is 0 Å². The highest BCUT2D eigenvalue weighted by atomic mass is 32.1. The number of rotatable bonds is 5. The maximum Gasteiger partial charge on any atom is 0.418 e. The first-order valence-corrected chi connectivity index (χ1v) is 11.6. The molecule has 0 aliphatic carbocycles. The maximum absolute atomic E-state index is 13.1. The number of piperazine rings is 1. The monoisotopic (exact) mass is 488 g/mol. The van der Waals surface area contributed by atoms with E-state index in [0.717, 1.165) is 22.2 Å². The minimum atomic E-state index is -4.55. The van der Waals surface area contributed by atoms with Crippen LogP contribution in [-0.2, 0) is 11.0 Å². The lowest BCUT2D eigenvalue weighted by Gasteiger charge is -2.34. The zero-order chi connectivity index (χ0) is 24.3. The summed E-state index contributed by atoms with van der Waals surface area (Å²) in [6.45, 7) is 3.64. The number of aromatic nitrogens is 1. The molecular weight excluding hydrogens is 465 g/mol. The van der Waals surface area contributed by atoms with Crippen LogP contribution < -0.4 is 5.32 Å². The van der Waals surface area contributed by atoms with Crippen molar-refractivity contribution >= 4 is 28.8 Å². The Balaban J connectivity index is 1.30. The predicted octanol–water partition coefficient (Wildman–Crippen LogP) is 4.53. The summed E-state index contributed by atoms with van der Waals surface area (Å²) in [5, 5.41) is 4.88. The van der Waals surface area contributed by atoms with Crippen LogP contribution in [0.25, 0.3) is 10.6 Å². The number of carbonyl (C=O) groups excluding carboxylic acids is 2. The van der Waals surface area contributed by atoms with Crippen LogP contribution in [0.4, 0.5) is 18.9 Å². The summed E-state index contributed by atoms with van der Waals surface area (Å²) in [5.41, 5.74) is 1.34. The van der Waals surface area contributed by atoms with E-state index in [9.17, 15) is 22.8 Å². The number of thiazole rings is 1. The molecular formula is C24H23F3N4O2S. The lowest BCUT2D eigenvalue weighted by molar-refractivity contribution is -0.137. The Morgan fingerprint density at radius 3 is 2.38 bits per heavy atom. The zero-order valence-corrected chi connectivity index (χ0v) is 19.2. The minimum absolute atomic E-state index is 0.0531. The highest BCUT2D eigenvalue weighted by Gasteiger charge is 2.33. The molecule has 1 aromatic heterocycles. The molecule has 0 unspecified atom stereocenters. The number of nitrogens with one attached hydrogen (secondary N) is 1. The van der Waals surface area contributed by atoms with Gasteiger partial charge in [0.2, 0.25) is 5.91 Å². The van der Waals surface area contributed by atoms with Gasteiger partial charge in [0.25, 0.3) is 5.91 Å². The second-order valence-electron chi connectivity index (χ2n) is 8.06. The summed E-state index contributed by atoms with van der Waals surface area (Å²) < 4.78 is 39.4. The summed E-state index contributed by atoms with van der Waals surface area (Å²) in [6, 6.07) is 12.8. The standard InChI is InChI=1S/C24H23F3N4O2S/c1-16-6-8-17(9-7-16)22-29-20(15-34-22)23(33)31-12-10-30(11-13-31)14-21(32)28-19-5-3-2-4-18(19)24(25,26)27/h2-9,15H,10-14H2,1H3,(H,28,32). The number of alkyl halides is 3. The summed E-state index contributed by atoms with van der Waals surface area (Å²) in [5.74, 6) is -0.698. The van der Waals surface area contributed by atoms with Crippen molar-refractivity contribution < 1.29 is 22.8 Å². The van der Waals surface area contributed by atoms with Crippen molar-refractivity contribution in [2.75, 3.05) is 38.0 Å². The Kier molecular flexibility index (Phi) is 6.99. The van der Waals surface area contributed by atoms with Crippen LogP contribution in [-0.4, -0.2) is 59.3 Å². The summed E-state index contributed by atoms with van der Waals surface area (Å²) >= 11 is 1.41. The second-order valence-corrected chi connectivity index (χ2v) is 8.92. The van der Waals surface area contributed by atoms with Gasteiger partial charge in [0, 0.05) is 37.1 Å². The van der Waals surface area contributed by atoms with Gasteiger partial charge in [-0.25, -0.2) is 4.98 Å². The SMILES string of the molecule is Cc1ccc(-c2nc(C(=O)N3CCN(CC(=O)Nc4ccccc4C(F)(F)F)CC3)cs2)cc1.